The fraction of sp³-hybridized carbons (Fsp3) is 0.818. The Hall–Kier alpha value is -1.47. The van der Waals surface area contributed by atoms with Crippen molar-refractivity contribution in [1.82, 2.24) is 15.4 Å². The molecule has 1 saturated carbocycles. The lowest BCUT2D eigenvalue weighted by Crippen LogP contribution is -2.52. The van der Waals surface area contributed by atoms with Gasteiger partial charge in [0.2, 0.25) is 0 Å². The van der Waals surface area contributed by atoms with E-state index in [9.17, 15) is 18.0 Å². The average molecular weight is 350 g/mol. The molecule has 3 rings (SSSR count). The predicted octanol–water partition coefficient (Wildman–Crippen LogP) is -1.61. The highest BCUT2D eigenvalue weighted by molar-refractivity contribution is 7.80. The fourth-order valence-corrected chi connectivity index (χ4v) is 3.67. The van der Waals surface area contributed by atoms with Crippen molar-refractivity contribution >= 4 is 22.3 Å². The molecular formula is C11H18N4O7S. The Kier molecular flexibility index (Phi) is 3.96. The van der Waals surface area contributed by atoms with Gasteiger partial charge in [0.05, 0.1) is 12.6 Å². The first-order valence-corrected chi connectivity index (χ1v) is 8.52. The van der Waals surface area contributed by atoms with E-state index in [4.69, 9.17) is 15.1 Å². The van der Waals surface area contributed by atoms with Crippen molar-refractivity contribution in [2.24, 2.45) is 11.1 Å². The number of nitrogens with zero attached hydrogens (tertiary/aromatic N) is 2. The highest BCUT2D eigenvalue weighted by Gasteiger charge is 2.65. The number of carbonyl (C=O) groups is 2. The Morgan fingerprint density at radius 3 is 2.74 bits per heavy atom. The minimum atomic E-state index is -4.82. The summed E-state index contributed by atoms with van der Waals surface area (Å²) in [5, 5.41) is 0.663. The minimum absolute atomic E-state index is 0.137. The van der Waals surface area contributed by atoms with Gasteiger partial charge >= 0.3 is 16.4 Å². The molecule has 0 aromatic carbocycles. The van der Waals surface area contributed by atoms with Crippen LogP contribution in [0, 0.1) is 5.41 Å². The molecule has 3 aliphatic rings. The monoisotopic (exact) mass is 350 g/mol. The zero-order valence-electron chi connectivity index (χ0n) is 12.2. The predicted molar refractivity (Wildman–Crippen MR) is 73.6 cm³/mol. The lowest BCUT2D eigenvalue weighted by Gasteiger charge is -2.35. The Morgan fingerprint density at radius 2 is 2.17 bits per heavy atom. The number of fused-ring (bicyclic) bond motifs is 3. The van der Waals surface area contributed by atoms with Gasteiger partial charge in [-0.2, -0.15) is 13.5 Å². The number of hydrogen-bond acceptors (Lipinski definition) is 7. The van der Waals surface area contributed by atoms with Crippen LogP contribution in [0.4, 0.5) is 4.79 Å². The molecule has 3 fully saturated rings. The van der Waals surface area contributed by atoms with Gasteiger partial charge in [-0.1, -0.05) is 0 Å². The van der Waals surface area contributed by atoms with Crippen molar-refractivity contribution < 1.29 is 31.7 Å². The molecule has 2 bridgehead atoms. The topological polar surface area (TPSA) is 151 Å². The highest BCUT2D eigenvalue weighted by atomic mass is 32.3. The van der Waals surface area contributed by atoms with E-state index in [-0.39, 0.29) is 25.1 Å². The van der Waals surface area contributed by atoms with Crippen molar-refractivity contribution in [2.75, 3.05) is 19.7 Å². The lowest BCUT2D eigenvalue weighted by atomic mass is 9.85. The van der Waals surface area contributed by atoms with Crippen molar-refractivity contribution in [3.8, 4) is 0 Å². The molecule has 2 saturated heterocycles. The van der Waals surface area contributed by atoms with Gasteiger partial charge < -0.3 is 10.6 Å². The summed E-state index contributed by atoms with van der Waals surface area (Å²) in [6.45, 7) is 0.525. The van der Waals surface area contributed by atoms with E-state index in [0.717, 1.165) is 12.8 Å². The molecule has 11 nitrogen and oxygen atoms in total. The second kappa shape index (κ2) is 5.56. The SMILES string of the molecule is NCCONC(=O)[C@@H]1CC2(CC2)[C@@H]2CN1C(=O)N2OS(=O)(=O)O. The Bertz CT molecular complexity index is 620. The summed E-state index contributed by atoms with van der Waals surface area (Å²) >= 11 is 0. The number of nitrogens with one attached hydrogen (secondary N) is 1. The van der Waals surface area contributed by atoms with E-state index >= 15 is 0 Å². The van der Waals surface area contributed by atoms with Gasteiger partial charge in [0.15, 0.2) is 0 Å². The summed E-state index contributed by atoms with van der Waals surface area (Å²) in [5.74, 6) is -0.495. The molecule has 0 unspecified atom stereocenters. The van der Waals surface area contributed by atoms with Crippen LogP contribution in [0.25, 0.3) is 0 Å². The quantitative estimate of drug-likeness (QED) is 0.294. The van der Waals surface area contributed by atoms with E-state index in [2.05, 4.69) is 9.76 Å². The summed E-state index contributed by atoms with van der Waals surface area (Å²) in [5.41, 5.74) is 7.13. The van der Waals surface area contributed by atoms with Crippen LogP contribution < -0.4 is 11.2 Å². The van der Waals surface area contributed by atoms with Gasteiger partial charge in [-0.25, -0.2) is 10.3 Å². The maximum atomic E-state index is 12.3. The maximum absolute atomic E-state index is 12.3. The molecule has 1 spiro atoms. The van der Waals surface area contributed by atoms with Gasteiger partial charge in [0.25, 0.3) is 5.91 Å². The number of amides is 3. The van der Waals surface area contributed by atoms with Gasteiger partial charge in [0.1, 0.15) is 6.04 Å². The number of hydroxylamine groups is 3. The molecule has 2 heterocycles. The van der Waals surface area contributed by atoms with Crippen molar-refractivity contribution in [1.29, 1.82) is 0 Å². The average Bonchev–Trinajstić information content (AvgIpc) is 3.18. The first-order chi connectivity index (χ1) is 10.8. The molecule has 2 atom stereocenters. The largest absolute Gasteiger partial charge is 0.418 e. The summed E-state index contributed by atoms with van der Waals surface area (Å²) in [6, 6.07) is -2.06. The number of rotatable bonds is 6. The summed E-state index contributed by atoms with van der Waals surface area (Å²) in [7, 11) is -4.82. The van der Waals surface area contributed by atoms with Crippen LogP contribution in [0.5, 0.6) is 0 Å². The van der Waals surface area contributed by atoms with E-state index < -0.39 is 34.4 Å². The van der Waals surface area contributed by atoms with Crippen LogP contribution >= 0.6 is 0 Å². The maximum Gasteiger partial charge on any atom is 0.418 e. The number of hydrogen-bond donors (Lipinski definition) is 3. The first kappa shape index (κ1) is 16.4. The van der Waals surface area contributed by atoms with Crippen LogP contribution in [0.2, 0.25) is 0 Å². The molecule has 0 aromatic heterocycles. The number of nitrogens with two attached hydrogens (primary N) is 1. The van der Waals surface area contributed by atoms with Crippen LogP contribution in [0.15, 0.2) is 0 Å². The zero-order chi connectivity index (χ0) is 16.8. The van der Waals surface area contributed by atoms with Crippen molar-refractivity contribution in [3.05, 3.63) is 0 Å². The molecule has 1 aliphatic carbocycles. The van der Waals surface area contributed by atoms with E-state index in [1.807, 2.05) is 0 Å². The molecule has 0 radical (unpaired) electrons. The van der Waals surface area contributed by atoms with Crippen LogP contribution in [-0.2, 0) is 24.3 Å². The second-order valence-electron chi connectivity index (χ2n) is 5.96. The van der Waals surface area contributed by atoms with Gasteiger partial charge in [-0.05, 0) is 24.7 Å². The number of urea groups is 1. The zero-order valence-corrected chi connectivity index (χ0v) is 13.0. The van der Waals surface area contributed by atoms with Gasteiger partial charge in [0, 0.05) is 13.1 Å². The number of carbonyl (C=O) groups excluding carboxylic acids is 2. The van der Waals surface area contributed by atoms with Crippen LogP contribution in [0.1, 0.15) is 19.3 Å². The smallest absolute Gasteiger partial charge is 0.328 e. The Morgan fingerprint density at radius 1 is 1.48 bits per heavy atom. The molecule has 12 heteroatoms. The molecule has 2 aliphatic heterocycles. The van der Waals surface area contributed by atoms with Crippen molar-refractivity contribution in [3.63, 3.8) is 0 Å². The number of piperidine rings is 1. The normalized spacial score (nSPS) is 28.3. The second-order valence-corrected chi connectivity index (χ2v) is 6.97. The summed E-state index contributed by atoms with van der Waals surface area (Å²) in [6.07, 6.45) is 1.88. The molecule has 23 heavy (non-hydrogen) atoms. The standard InChI is InChI=1S/C11H18N4O7S/c12-3-4-21-13-9(16)7-5-11(1-2-11)8-6-14(7)10(17)15(8)22-23(18,19)20/h7-8H,1-6,12H2,(H,13,16)(H,18,19,20)/t7-,8-/m0/s1. The summed E-state index contributed by atoms with van der Waals surface area (Å²) < 4.78 is 35.2. The minimum Gasteiger partial charge on any atom is -0.328 e. The Balaban J connectivity index is 1.77. The van der Waals surface area contributed by atoms with Crippen LogP contribution in [-0.4, -0.2) is 66.7 Å². The molecule has 130 valence electrons. The molecule has 3 amide bonds. The third kappa shape index (κ3) is 2.99. The first-order valence-electron chi connectivity index (χ1n) is 7.16. The third-order valence-electron chi connectivity index (χ3n) is 4.53. The molecular weight excluding hydrogens is 332 g/mol. The van der Waals surface area contributed by atoms with E-state index in [1.54, 1.807) is 0 Å². The molecule has 4 N–H and O–H groups in total. The van der Waals surface area contributed by atoms with E-state index in [1.165, 1.54) is 4.90 Å². The highest BCUT2D eigenvalue weighted by Crippen LogP contribution is 2.59. The Labute approximate surface area is 132 Å². The van der Waals surface area contributed by atoms with Gasteiger partial charge in [-0.3, -0.25) is 14.2 Å². The lowest BCUT2D eigenvalue weighted by molar-refractivity contribution is -0.139. The third-order valence-corrected chi connectivity index (χ3v) is 4.88. The summed E-state index contributed by atoms with van der Waals surface area (Å²) in [4.78, 5) is 30.7. The van der Waals surface area contributed by atoms with E-state index in [0.29, 0.717) is 11.5 Å². The van der Waals surface area contributed by atoms with Crippen molar-refractivity contribution in [2.45, 2.75) is 31.3 Å². The van der Waals surface area contributed by atoms with Crippen LogP contribution in [0.3, 0.4) is 0 Å². The van der Waals surface area contributed by atoms with Gasteiger partial charge in [-0.15, -0.1) is 4.28 Å². The fourth-order valence-electron chi connectivity index (χ4n) is 3.30. The molecule has 0 aromatic rings.